The smallest absolute Gasteiger partial charge is 0.123 e. The minimum Gasteiger partial charge on any atom is -0.285 e. The molecule has 15 heavy (non-hydrogen) atoms. The monoisotopic (exact) mass is 203 g/mol. The second-order valence-electron chi connectivity index (χ2n) is 4.08. The number of allylic oxidation sites excluding steroid dienone is 1. The summed E-state index contributed by atoms with van der Waals surface area (Å²) in [5.41, 5.74) is 3.15. The van der Waals surface area contributed by atoms with E-state index in [9.17, 15) is 4.39 Å². The number of hydrogen-bond acceptors (Lipinski definition) is 1. The van der Waals surface area contributed by atoms with Crippen molar-refractivity contribution < 1.29 is 4.39 Å². The van der Waals surface area contributed by atoms with Gasteiger partial charge in [-0.2, -0.15) is 0 Å². The summed E-state index contributed by atoms with van der Waals surface area (Å²) in [6.07, 6.45) is 2.07. The molecule has 0 spiro atoms. The molecule has 0 unspecified atom stereocenters. The molecule has 1 nitrogen and oxygen atoms in total. The Labute approximate surface area is 89.4 Å². The van der Waals surface area contributed by atoms with Gasteiger partial charge in [-0.15, -0.1) is 0 Å². The number of halogens is 1. The van der Waals surface area contributed by atoms with Gasteiger partial charge in [-0.05, 0) is 35.3 Å². The van der Waals surface area contributed by atoms with E-state index in [1.807, 2.05) is 6.07 Å². The molecule has 0 bridgehead atoms. The van der Waals surface area contributed by atoms with E-state index in [2.05, 4.69) is 24.9 Å². The maximum absolute atomic E-state index is 13.0. The second-order valence-corrected chi connectivity index (χ2v) is 4.08. The third-order valence-corrected chi connectivity index (χ3v) is 2.54. The van der Waals surface area contributed by atoms with E-state index in [0.717, 1.165) is 16.8 Å². The second kappa shape index (κ2) is 3.97. The summed E-state index contributed by atoms with van der Waals surface area (Å²) >= 11 is 0. The number of aliphatic imine (C=N–C) groups is 1. The van der Waals surface area contributed by atoms with Crippen LogP contribution >= 0.6 is 0 Å². The molecule has 0 amide bonds. The summed E-state index contributed by atoms with van der Waals surface area (Å²) in [6.45, 7) is 4.91. The molecule has 2 heteroatoms. The van der Waals surface area contributed by atoms with Gasteiger partial charge in [-0.1, -0.05) is 26.0 Å². The summed E-state index contributed by atoms with van der Waals surface area (Å²) in [4.78, 5) is 4.42. The van der Waals surface area contributed by atoms with E-state index in [1.165, 1.54) is 6.07 Å². The molecule has 78 valence electrons. The molecule has 1 heterocycles. The summed E-state index contributed by atoms with van der Waals surface area (Å²) in [5.74, 6) is 0.252. The first-order valence-corrected chi connectivity index (χ1v) is 5.17. The third-order valence-electron chi connectivity index (χ3n) is 2.54. The first kappa shape index (κ1) is 10.1. The Bertz CT molecular complexity index is 430. The zero-order valence-electron chi connectivity index (χ0n) is 9.00. The van der Waals surface area contributed by atoms with Crippen molar-refractivity contribution in [3.63, 3.8) is 0 Å². The molecule has 1 aromatic rings. The SMILES string of the molecule is CC(C)C1=NCC(c2cccc(F)c2)=C1. The third kappa shape index (κ3) is 2.14. The van der Waals surface area contributed by atoms with Gasteiger partial charge in [0.05, 0.1) is 6.54 Å². The van der Waals surface area contributed by atoms with Crippen molar-refractivity contribution in [2.75, 3.05) is 6.54 Å². The molecule has 0 aliphatic carbocycles. The van der Waals surface area contributed by atoms with Gasteiger partial charge in [0.25, 0.3) is 0 Å². The highest BCUT2D eigenvalue weighted by Crippen LogP contribution is 2.21. The van der Waals surface area contributed by atoms with Crippen LogP contribution in [0.3, 0.4) is 0 Å². The molecule has 1 aromatic carbocycles. The fraction of sp³-hybridized carbons (Fsp3) is 0.308. The predicted molar refractivity (Wildman–Crippen MR) is 61.5 cm³/mol. The summed E-state index contributed by atoms with van der Waals surface area (Å²) in [6, 6.07) is 6.68. The topological polar surface area (TPSA) is 12.4 Å². The maximum Gasteiger partial charge on any atom is 0.123 e. The maximum atomic E-state index is 13.0. The minimum atomic E-state index is -0.189. The van der Waals surface area contributed by atoms with Crippen LogP contribution in [-0.4, -0.2) is 12.3 Å². The van der Waals surface area contributed by atoms with Gasteiger partial charge in [-0.25, -0.2) is 4.39 Å². The zero-order valence-corrected chi connectivity index (χ0v) is 9.00. The quantitative estimate of drug-likeness (QED) is 0.699. The predicted octanol–water partition coefficient (Wildman–Crippen LogP) is 3.32. The van der Waals surface area contributed by atoms with Crippen LogP contribution in [0.5, 0.6) is 0 Å². The van der Waals surface area contributed by atoms with Crippen molar-refractivity contribution in [3.8, 4) is 0 Å². The van der Waals surface area contributed by atoms with Crippen LogP contribution in [0.4, 0.5) is 4.39 Å². The summed E-state index contributed by atoms with van der Waals surface area (Å²) in [5, 5.41) is 0. The van der Waals surface area contributed by atoms with Crippen molar-refractivity contribution in [1.82, 2.24) is 0 Å². The normalized spacial score (nSPS) is 15.5. The molecule has 0 saturated carbocycles. The molecule has 0 fully saturated rings. The summed E-state index contributed by atoms with van der Waals surface area (Å²) < 4.78 is 13.0. The largest absolute Gasteiger partial charge is 0.285 e. The average molecular weight is 203 g/mol. The first-order chi connectivity index (χ1) is 7.16. The Hall–Kier alpha value is -1.44. The standard InChI is InChI=1S/C13H14FN/c1-9(2)13-7-11(8-15-13)10-4-3-5-12(14)6-10/h3-7,9H,8H2,1-2H3. The van der Waals surface area contributed by atoms with Gasteiger partial charge >= 0.3 is 0 Å². The molecular formula is C13H14FN. The number of hydrogen-bond donors (Lipinski definition) is 0. The summed E-state index contributed by atoms with van der Waals surface area (Å²) in [7, 11) is 0. The van der Waals surface area contributed by atoms with Gasteiger partial charge in [0, 0.05) is 5.71 Å². The fourth-order valence-corrected chi connectivity index (χ4v) is 1.66. The van der Waals surface area contributed by atoms with Crippen molar-refractivity contribution in [2.45, 2.75) is 13.8 Å². The van der Waals surface area contributed by atoms with Crippen molar-refractivity contribution in [3.05, 3.63) is 41.7 Å². The highest BCUT2D eigenvalue weighted by atomic mass is 19.1. The van der Waals surface area contributed by atoms with Crippen LogP contribution < -0.4 is 0 Å². The van der Waals surface area contributed by atoms with Crippen LogP contribution in [0.25, 0.3) is 5.57 Å². The average Bonchev–Trinajstić information content (AvgIpc) is 2.66. The molecule has 1 aliphatic rings. The Morgan fingerprint density at radius 3 is 2.73 bits per heavy atom. The lowest BCUT2D eigenvalue weighted by Gasteiger charge is -2.01. The Kier molecular flexibility index (Phi) is 2.67. The van der Waals surface area contributed by atoms with E-state index in [4.69, 9.17) is 0 Å². The van der Waals surface area contributed by atoms with Crippen LogP contribution in [0.2, 0.25) is 0 Å². The number of rotatable bonds is 2. The highest BCUT2D eigenvalue weighted by molar-refractivity contribution is 6.05. The Morgan fingerprint density at radius 2 is 2.13 bits per heavy atom. The van der Waals surface area contributed by atoms with Gasteiger partial charge < -0.3 is 0 Å². The number of nitrogens with zero attached hydrogens (tertiary/aromatic N) is 1. The van der Waals surface area contributed by atoms with Crippen molar-refractivity contribution in [1.29, 1.82) is 0 Å². The molecule has 0 N–H and O–H groups in total. The van der Waals surface area contributed by atoms with E-state index in [-0.39, 0.29) is 5.82 Å². The minimum absolute atomic E-state index is 0.189. The van der Waals surface area contributed by atoms with E-state index < -0.39 is 0 Å². The van der Waals surface area contributed by atoms with Crippen LogP contribution in [-0.2, 0) is 0 Å². The van der Waals surface area contributed by atoms with Gasteiger partial charge in [-0.3, -0.25) is 4.99 Å². The molecule has 0 radical (unpaired) electrons. The number of benzene rings is 1. The molecular weight excluding hydrogens is 189 g/mol. The molecule has 0 aromatic heterocycles. The van der Waals surface area contributed by atoms with E-state index in [1.54, 1.807) is 12.1 Å². The first-order valence-electron chi connectivity index (χ1n) is 5.17. The van der Waals surface area contributed by atoms with Crippen molar-refractivity contribution >= 4 is 11.3 Å². The van der Waals surface area contributed by atoms with Gasteiger partial charge in [0.1, 0.15) is 5.82 Å². The van der Waals surface area contributed by atoms with Gasteiger partial charge in [0.15, 0.2) is 0 Å². The molecule has 2 rings (SSSR count). The lowest BCUT2D eigenvalue weighted by atomic mass is 10.0. The van der Waals surface area contributed by atoms with E-state index >= 15 is 0 Å². The highest BCUT2D eigenvalue weighted by Gasteiger charge is 2.12. The molecule has 0 saturated heterocycles. The molecule has 1 aliphatic heterocycles. The van der Waals surface area contributed by atoms with Crippen LogP contribution in [0.1, 0.15) is 19.4 Å². The lowest BCUT2D eigenvalue weighted by Crippen LogP contribution is -2.00. The lowest BCUT2D eigenvalue weighted by molar-refractivity contribution is 0.627. The van der Waals surface area contributed by atoms with Crippen molar-refractivity contribution in [2.24, 2.45) is 10.9 Å². The fourth-order valence-electron chi connectivity index (χ4n) is 1.66. The Morgan fingerprint density at radius 1 is 1.33 bits per heavy atom. The Balaban J connectivity index is 2.25. The molecule has 0 atom stereocenters. The zero-order chi connectivity index (χ0) is 10.8. The van der Waals surface area contributed by atoms with Crippen LogP contribution in [0, 0.1) is 11.7 Å². The van der Waals surface area contributed by atoms with E-state index in [0.29, 0.717) is 12.5 Å². The van der Waals surface area contributed by atoms with Crippen LogP contribution in [0.15, 0.2) is 35.3 Å². The van der Waals surface area contributed by atoms with Gasteiger partial charge in [0.2, 0.25) is 0 Å².